The first-order chi connectivity index (χ1) is 13.5. The fraction of sp³-hybridized carbons (Fsp3) is 0.364. The monoisotopic (exact) mass is 384 g/mol. The third-order valence-corrected chi connectivity index (χ3v) is 4.34. The highest BCUT2D eigenvalue weighted by Crippen LogP contribution is 2.21. The first kappa shape index (κ1) is 21.3. The van der Waals surface area contributed by atoms with Crippen molar-refractivity contribution in [3.8, 4) is 11.5 Å². The van der Waals surface area contributed by atoms with Gasteiger partial charge in [-0.15, -0.1) is 0 Å². The second-order valence-electron chi connectivity index (χ2n) is 6.54. The molecular weight excluding hydrogens is 356 g/mol. The van der Waals surface area contributed by atoms with E-state index in [1.807, 2.05) is 31.2 Å². The molecule has 0 unspecified atom stereocenters. The van der Waals surface area contributed by atoms with Crippen molar-refractivity contribution in [2.24, 2.45) is 0 Å². The van der Waals surface area contributed by atoms with E-state index in [9.17, 15) is 9.59 Å². The number of hydrazine groups is 1. The zero-order chi connectivity index (χ0) is 20.4. The lowest BCUT2D eigenvalue weighted by Gasteiger charge is -2.11. The van der Waals surface area contributed by atoms with E-state index in [2.05, 4.69) is 24.7 Å². The van der Waals surface area contributed by atoms with Crippen molar-refractivity contribution in [3.63, 3.8) is 0 Å². The van der Waals surface area contributed by atoms with Gasteiger partial charge < -0.3 is 9.47 Å². The second kappa shape index (κ2) is 11.0. The Morgan fingerprint density at radius 2 is 1.50 bits per heavy atom. The van der Waals surface area contributed by atoms with E-state index >= 15 is 0 Å². The van der Waals surface area contributed by atoms with Crippen LogP contribution in [0.2, 0.25) is 0 Å². The molecule has 6 nitrogen and oxygen atoms in total. The molecule has 0 aliphatic heterocycles. The van der Waals surface area contributed by atoms with Crippen LogP contribution in [-0.4, -0.2) is 25.0 Å². The fourth-order valence-electron chi connectivity index (χ4n) is 2.43. The number of carbonyl (C=O) groups is 2. The number of hydrogen-bond acceptors (Lipinski definition) is 4. The highest BCUT2D eigenvalue weighted by Gasteiger charge is 2.09. The Hall–Kier alpha value is -3.02. The van der Waals surface area contributed by atoms with Gasteiger partial charge >= 0.3 is 0 Å². The molecule has 0 radical (unpaired) electrons. The van der Waals surface area contributed by atoms with Gasteiger partial charge in [-0.25, -0.2) is 0 Å². The van der Waals surface area contributed by atoms with Crippen LogP contribution in [0.4, 0.5) is 0 Å². The molecule has 150 valence electrons. The predicted molar refractivity (Wildman–Crippen MR) is 108 cm³/mol. The van der Waals surface area contributed by atoms with E-state index in [-0.39, 0.29) is 6.61 Å². The summed E-state index contributed by atoms with van der Waals surface area (Å²) in [6.07, 6.45) is 1.98. The third kappa shape index (κ3) is 6.61. The molecule has 2 aromatic rings. The zero-order valence-electron chi connectivity index (χ0n) is 16.7. The number of benzene rings is 2. The molecule has 2 N–H and O–H groups in total. The number of hydrogen-bond donors (Lipinski definition) is 2. The lowest BCUT2D eigenvalue weighted by atomic mass is 9.99. The Bertz CT molecular complexity index is 757. The van der Waals surface area contributed by atoms with Crippen molar-refractivity contribution in [2.45, 2.75) is 39.5 Å². The van der Waals surface area contributed by atoms with Gasteiger partial charge in [-0.1, -0.05) is 32.9 Å². The minimum atomic E-state index is -0.442. The molecule has 0 aliphatic rings. The van der Waals surface area contributed by atoms with Gasteiger partial charge in [0.25, 0.3) is 11.8 Å². The number of carbonyl (C=O) groups excluding carboxylic acids is 2. The molecule has 0 heterocycles. The largest absolute Gasteiger partial charge is 0.494 e. The predicted octanol–water partition coefficient (Wildman–Crippen LogP) is 3.83. The van der Waals surface area contributed by atoms with Gasteiger partial charge in [0.15, 0.2) is 6.61 Å². The normalized spacial score (nSPS) is 11.4. The number of ether oxygens (including phenoxy) is 2. The summed E-state index contributed by atoms with van der Waals surface area (Å²) in [7, 11) is 0. The SMILES string of the molecule is CCCOc1ccc(C(=O)NNC(=O)COc2ccc([C@H](C)CC)cc2)cc1. The summed E-state index contributed by atoms with van der Waals surface area (Å²) in [6, 6.07) is 14.4. The van der Waals surface area contributed by atoms with Crippen LogP contribution in [0, 0.1) is 0 Å². The lowest BCUT2D eigenvalue weighted by Crippen LogP contribution is -2.43. The van der Waals surface area contributed by atoms with E-state index in [1.165, 1.54) is 5.56 Å². The fourth-order valence-corrected chi connectivity index (χ4v) is 2.43. The number of amides is 2. The maximum absolute atomic E-state index is 12.1. The molecule has 6 heteroatoms. The summed E-state index contributed by atoms with van der Waals surface area (Å²) in [5, 5.41) is 0. The quantitative estimate of drug-likeness (QED) is 0.644. The topological polar surface area (TPSA) is 76.7 Å². The van der Waals surface area contributed by atoms with E-state index < -0.39 is 11.8 Å². The van der Waals surface area contributed by atoms with E-state index in [0.29, 0.717) is 29.6 Å². The van der Waals surface area contributed by atoms with Gasteiger partial charge in [-0.2, -0.15) is 0 Å². The molecule has 0 aromatic heterocycles. The zero-order valence-corrected chi connectivity index (χ0v) is 16.7. The van der Waals surface area contributed by atoms with Crippen LogP contribution < -0.4 is 20.3 Å². The summed E-state index contributed by atoms with van der Waals surface area (Å²) in [4.78, 5) is 23.9. The first-order valence-electron chi connectivity index (χ1n) is 9.58. The summed E-state index contributed by atoms with van der Waals surface area (Å²) in [5.41, 5.74) is 6.37. The van der Waals surface area contributed by atoms with Crippen molar-refractivity contribution in [2.75, 3.05) is 13.2 Å². The summed E-state index contributed by atoms with van der Waals surface area (Å²) >= 11 is 0. The molecule has 0 bridgehead atoms. The van der Waals surface area contributed by atoms with Crippen LogP contribution in [0.5, 0.6) is 11.5 Å². The molecule has 28 heavy (non-hydrogen) atoms. The molecule has 2 aromatic carbocycles. The van der Waals surface area contributed by atoms with E-state index in [4.69, 9.17) is 9.47 Å². The Morgan fingerprint density at radius 3 is 2.11 bits per heavy atom. The highest BCUT2D eigenvalue weighted by atomic mass is 16.5. The van der Waals surface area contributed by atoms with Crippen molar-refractivity contribution >= 4 is 11.8 Å². The number of nitrogens with one attached hydrogen (secondary N) is 2. The van der Waals surface area contributed by atoms with Gasteiger partial charge in [0, 0.05) is 5.56 Å². The Kier molecular flexibility index (Phi) is 8.34. The Morgan fingerprint density at radius 1 is 0.893 bits per heavy atom. The maximum Gasteiger partial charge on any atom is 0.276 e. The van der Waals surface area contributed by atoms with Crippen molar-refractivity contribution < 1.29 is 19.1 Å². The average Bonchev–Trinajstić information content (AvgIpc) is 2.74. The summed E-state index contributed by atoms with van der Waals surface area (Å²) in [6.45, 7) is 6.77. The molecule has 0 saturated heterocycles. The van der Waals surface area contributed by atoms with Gasteiger partial charge in [-0.05, 0) is 60.7 Å². The van der Waals surface area contributed by atoms with Gasteiger partial charge in [0.1, 0.15) is 11.5 Å². The summed E-state index contributed by atoms with van der Waals surface area (Å²) in [5.74, 6) is 0.946. The van der Waals surface area contributed by atoms with Crippen LogP contribution in [-0.2, 0) is 4.79 Å². The lowest BCUT2D eigenvalue weighted by molar-refractivity contribution is -0.123. The molecule has 2 amide bonds. The molecule has 0 saturated carbocycles. The smallest absolute Gasteiger partial charge is 0.276 e. The third-order valence-electron chi connectivity index (χ3n) is 4.34. The maximum atomic E-state index is 12.1. The molecular formula is C22H28N2O4. The van der Waals surface area contributed by atoms with Gasteiger partial charge in [-0.3, -0.25) is 20.4 Å². The van der Waals surface area contributed by atoms with Crippen LogP contribution in [0.15, 0.2) is 48.5 Å². The average molecular weight is 384 g/mol. The Balaban J connectivity index is 1.75. The molecule has 0 fully saturated rings. The van der Waals surface area contributed by atoms with Gasteiger partial charge in [0.2, 0.25) is 0 Å². The minimum absolute atomic E-state index is 0.188. The van der Waals surface area contributed by atoms with Crippen molar-refractivity contribution in [3.05, 3.63) is 59.7 Å². The highest BCUT2D eigenvalue weighted by molar-refractivity contribution is 5.95. The standard InChI is InChI=1S/C22H28N2O4/c1-4-14-27-19-12-8-18(9-13-19)22(26)24-23-21(25)15-28-20-10-6-17(7-11-20)16(3)5-2/h6-13,16H,4-5,14-15H2,1-3H3,(H,23,25)(H,24,26)/t16-/m1/s1. The van der Waals surface area contributed by atoms with E-state index in [0.717, 1.165) is 12.8 Å². The molecule has 1 atom stereocenters. The summed E-state index contributed by atoms with van der Waals surface area (Å²) < 4.78 is 10.9. The minimum Gasteiger partial charge on any atom is -0.494 e. The van der Waals surface area contributed by atoms with Crippen LogP contribution in [0.25, 0.3) is 0 Å². The van der Waals surface area contributed by atoms with E-state index in [1.54, 1.807) is 24.3 Å². The molecule has 0 aliphatic carbocycles. The first-order valence-corrected chi connectivity index (χ1v) is 9.58. The van der Waals surface area contributed by atoms with Crippen LogP contribution in [0.1, 0.15) is 55.5 Å². The molecule has 2 rings (SSSR count). The molecule has 0 spiro atoms. The van der Waals surface area contributed by atoms with Gasteiger partial charge in [0.05, 0.1) is 6.61 Å². The van der Waals surface area contributed by atoms with Crippen molar-refractivity contribution in [1.29, 1.82) is 0 Å². The Labute approximate surface area is 166 Å². The number of rotatable bonds is 9. The second-order valence-corrected chi connectivity index (χ2v) is 6.54. The van der Waals surface area contributed by atoms with Crippen LogP contribution >= 0.6 is 0 Å². The van der Waals surface area contributed by atoms with Crippen molar-refractivity contribution in [1.82, 2.24) is 10.9 Å². The van der Waals surface area contributed by atoms with Crippen LogP contribution in [0.3, 0.4) is 0 Å².